The number of rotatable bonds is 3. The molecule has 1 saturated heterocycles. The molecule has 0 N–H and O–H groups in total. The van der Waals surface area contributed by atoms with E-state index in [1.54, 1.807) is 6.07 Å². The maximum atomic E-state index is 11.0. The number of hydrogen-bond donors (Lipinski definition) is 0. The highest BCUT2D eigenvalue weighted by atomic mass is 16.1. The molecule has 96 valence electrons. The van der Waals surface area contributed by atoms with Gasteiger partial charge in [-0.25, -0.2) is 9.97 Å². The Hall–Kier alpha value is -2.23. The average Bonchev–Trinajstić information content (AvgIpc) is 3.02. The lowest BCUT2D eigenvalue weighted by Crippen LogP contribution is -2.19. The molecule has 0 atom stereocenters. The molecule has 2 heterocycles. The molecule has 1 fully saturated rings. The number of carbonyl (C=O) groups is 1. The van der Waals surface area contributed by atoms with Crippen molar-refractivity contribution in [2.24, 2.45) is 0 Å². The Balaban J connectivity index is 2.04. The zero-order valence-electron chi connectivity index (χ0n) is 10.6. The zero-order valence-corrected chi connectivity index (χ0v) is 10.6. The first-order valence-electron chi connectivity index (χ1n) is 6.51. The predicted molar refractivity (Wildman–Crippen MR) is 74.3 cm³/mol. The van der Waals surface area contributed by atoms with E-state index in [4.69, 9.17) is 0 Å². The summed E-state index contributed by atoms with van der Waals surface area (Å²) in [7, 11) is 0. The number of nitrogens with zero attached hydrogens (tertiary/aromatic N) is 3. The molecule has 1 aliphatic rings. The van der Waals surface area contributed by atoms with Gasteiger partial charge in [-0.2, -0.15) is 0 Å². The van der Waals surface area contributed by atoms with Gasteiger partial charge in [0, 0.05) is 24.7 Å². The quantitative estimate of drug-likeness (QED) is 0.789. The summed E-state index contributed by atoms with van der Waals surface area (Å²) in [6.45, 7) is 2.01. The number of carbonyl (C=O) groups excluding carboxylic acids is 1. The Labute approximate surface area is 112 Å². The summed E-state index contributed by atoms with van der Waals surface area (Å²) < 4.78 is 0. The smallest absolute Gasteiger partial charge is 0.168 e. The molecule has 0 unspecified atom stereocenters. The Morgan fingerprint density at radius 1 is 1.05 bits per heavy atom. The van der Waals surface area contributed by atoms with Gasteiger partial charge in [-0.3, -0.25) is 4.79 Å². The topological polar surface area (TPSA) is 46.1 Å². The van der Waals surface area contributed by atoms with Crippen molar-refractivity contribution >= 4 is 12.1 Å². The molecule has 0 amide bonds. The van der Waals surface area contributed by atoms with Crippen LogP contribution in [0.15, 0.2) is 36.4 Å². The summed E-state index contributed by atoms with van der Waals surface area (Å²) in [6, 6.07) is 11.5. The van der Waals surface area contributed by atoms with E-state index in [1.807, 2.05) is 30.3 Å². The molecule has 1 aromatic heterocycles. The largest absolute Gasteiger partial charge is 0.356 e. The van der Waals surface area contributed by atoms with Gasteiger partial charge in [-0.05, 0) is 12.8 Å². The molecule has 0 saturated carbocycles. The molecule has 1 aliphatic heterocycles. The van der Waals surface area contributed by atoms with E-state index in [0.717, 1.165) is 30.8 Å². The summed E-state index contributed by atoms with van der Waals surface area (Å²) in [5.74, 6) is 1.47. The van der Waals surface area contributed by atoms with Crippen LogP contribution in [0.25, 0.3) is 11.4 Å². The van der Waals surface area contributed by atoms with Crippen LogP contribution in [0, 0.1) is 0 Å². The van der Waals surface area contributed by atoms with Gasteiger partial charge in [0.15, 0.2) is 12.1 Å². The van der Waals surface area contributed by atoms with E-state index in [-0.39, 0.29) is 0 Å². The Bertz CT molecular complexity index is 577. The number of aldehydes is 1. The number of benzene rings is 1. The number of hydrogen-bond acceptors (Lipinski definition) is 4. The van der Waals surface area contributed by atoms with Gasteiger partial charge in [-0.15, -0.1) is 0 Å². The van der Waals surface area contributed by atoms with Gasteiger partial charge in [0.1, 0.15) is 11.5 Å². The fraction of sp³-hybridized carbons (Fsp3) is 0.267. The Kier molecular flexibility index (Phi) is 3.23. The summed E-state index contributed by atoms with van der Waals surface area (Å²) in [6.07, 6.45) is 3.15. The predicted octanol–water partition coefficient (Wildman–Crippen LogP) is 2.56. The molecular weight excluding hydrogens is 238 g/mol. The zero-order chi connectivity index (χ0) is 13.1. The van der Waals surface area contributed by atoms with Crippen LogP contribution in [0.3, 0.4) is 0 Å². The van der Waals surface area contributed by atoms with Crippen molar-refractivity contribution in [2.75, 3.05) is 18.0 Å². The third kappa shape index (κ3) is 2.47. The van der Waals surface area contributed by atoms with Crippen molar-refractivity contribution < 1.29 is 4.79 Å². The minimum Gasteiger partial charge on any atom is -0.356 e. The van der Waals surface area contributed by atoms with Gasteiger partial charge in [0.2, 0.25) is 0 Å². The van der Waals surface area contributed by atoms with Crippen LogP contribution >= 0.6 is 0 Å². The van der Waals surface area contributed by atoms with E-state index >= 15 is 0 Å². The van der Waals surface area contributed by atoms with Crippen LogP contribution in [0.5, 0.6) is 0 Å². The molecule has 19 heavy (non-hydrogen) atoms. The third-order valence-corrected chi connectivity index (χ3v) is 3.32. The van der Waals surface area contributed by atoms with Crippen LogP contribution in [0.1, 0.15) is 23.3 Å². The lowest BCUT2D eigenvalue weighted by atomic mass is 10.2. The average molecular weight is 253 g/mol. The Morgan fingerprint density at radius 3 is 2.47 bits per heavy atom. The second-order valence-electron chi connectivity index (χ2n) is 4.65. The molecule has 0 bridgehead atoms. The molecule has 4 nitrogen and oxygen atoms in total. The molecule has 3 rings (SSSR count). The van der Waals surface area contributed by atoms with Gasteiger partial charge in [-0.1, -0.05) is 30.3 Å². The highest BCUT2D eigenvalue weighted by Crippen LogP contribution is 2.22. The molecule has 0 radical (unpaired) electrons. The van der Waals surface area contributed by atoms with Gasteiger partial charge >= 0.3 is 0 Å². The molecule has 0 aliphatic carbocycles. The summed E-state index contributed by atoms with van der Waals surface area (Å²) in [4.78, 5) is 22.1. The second kappa shape index (κ2) is 5.18. The van der Waals surface area contributed by atoms with Gasteiger partial charge < -0.3 is 4.90 Å². The van der Waals surface area contributed by atoms with Crippen molar-refractivity contribution in [2.45, 2.75) is 12.8 Å². The molecule has 1 aromatic carbocycles. The monoisotopic (exact) mass is 253 g/mol. The lowest BCUT2D eigenvalue weighted by molar-refractivity contribution is 0.111. The fourth-order valence-electron chi connectivity index (χ4n) is 2.34. The fourth-order valence-corrected chi connectivity index (χ4v) is 2.34. The molecule has 4 heteroatoms. The van der Waals surface area contributed by atoms with Crippen molar-refractivity contribution in [1.82, 2.24) is 9.97 Å². The second-order valence-corrected chi connectivity index (χ2v) is 4.65. The summed E-state index contributed by atoms with van der Waals surface area (Å²) >= 11 is 0. The van der Waals surface area contributed by atoms with Crippen molar-refractivity contribution in [3.05, 3.63) is 42.1 Å². The third-order valence-electron chi connectivity index (χ3n) is 3.32. The highest BCUT2D eigenvalue weighted by molar-refractivity contribution is 5.75. The maximum absolute atomic E-state index is 11.0. The minimum atomic E-state index is 0.441. The SMILES string of the molecule is O=Cc1cc(N2CCCC2)nc(-c2ccccc2)n1. The molecular formula is C15H15N3O. The Morgan fingerprint density at radius 2 is 1.79 bits per heavy atom. The number of aromatic nitrogens is 2. The highest BCUT2D eigenvalue weighted by Gasteiger charge is 2.16. The molecule has 0 spiro atoms. The van der Waals surface area contributed by atoms with E-state index in [2.05, 4.69) is 14.9 Å². The van der Waals surface area contributed by atoms with Crippen LogP contribution in [0.2, 0.25) is 0 Å². The lowest BCUT2D eigenvalue weighted by Gasteiger charge is -2.17. The van der Waals surface area contributed by atoms with Gasteiger partial charge in [0.05, 0.1) is 0 Å². The van der Waals surface area contributed by atoms with Gasteiger partial charge in [0.25, 0.3) is 0 Å². The summed E-state index contributed by atoms with van der Waals surface area (Å²) in [5.41, 5.74) is 1.38. The van der Waals surface area contributed by atoms with E-state index in [0.29, 0.717) is 11.5 Å². The van der Waals surface area contributed by atoms with E-state index in [9.17, 15) is 4.79 Å². The van der Waals surface area contributed by atoms with E-state index in [1.165, 1.54) is 12.8 Å². The molecule has 2 aromatic rings. The van der Waals surface area contributed by atoms with Crippen molar-refractivity contribution in [1.29, 1.82) is 0 Å². The van der Waals surface area contributed by atoms with Crippen molar-refractivity contribution in [3.8, 4) is 11.4 Å². The first-order chi connectivity index (χ1) is 9.36. The van der Waals surface area contributed by atoms with Crippen LogP contribution in [0.4, 0.5) is 5.82 Å². The number of anilines is 1. The summed E-state index contributed by atoms with van der Waals surface area (Å²) in [5, 5.41) is 0. The van der Waals surface area contributed by atoms with Crippen LogP contribution in [-0.2, 0) is 0 Å². The maximum Gasteiger partial charge on any atom is 0.168 e. The first kappa shape index (κ1) is 11.8. The first-order valence-corrected chi connectivity index (χ1v) is 6.51. The normalized spacial score (nSPS) is 14.6. The van der Waals surface area contributed by atoms with Crippen LogP contribution < -0.4 is 4.90 Å². The van der Waals surface area contributed by atoms with Crippen molar-refractivity contribution in [3.63, 3.8) is 0 Å². The van der Waals surface area contributed by atoms with E-state index < -0.39 is 0 Å². The minimum absolute atomic E-state index is 0.441. The standard InChI is InChI=1S/C15H15N3O/c19-11-13-10-14(18-8-4-5-9-18)17-15(16-13)12-6-2-1-3-7-12/h1-3,6-7,10-11H,4-5,8-9H2. The van der Waals surface area contributed by atoms with Crippen LogP contribution in [-0.4, -0.2) is 29.3 Å².